The molecule has 0 saturated heterocycles. The molecule has 3 nitrogen and oxygen atoms in total. The fourth-order valence-corrected chi connectivity index (χ4v) is 2.31. The summed E-state index contributed by atoms with van der Waals surface area (Å²) in [6, 6.07) is 14.1. The molecule has 0 bridgehead atoms. The summed E-state index contributed by atoms with van der Waals surface area (Å²) in [7, 11) is 0. The van der Waals surface area contributed by atoms with Crippen LogP contribution in [0, 0.1) is 12.3 Å². The monoisotopic (exact) mass is 287 g/mol. The number of nitrogen functional groups attached to an aromatic ring is 1. The molecule has 3 N–H and O–H groups in total. The van der Waals surface area contributed by atoms with Gasteiger partial charge in [0.1, 0.15) is 0 Å². The molecule has 0 heterocycles. The van der Waals surface area contributed by atoms with E-state index in [-0.39, 0.29) is 0 Å². The first-order chi connectivity index (χ1) is 10.6. The lowest BCUT2D eigenvalue weighted by molar-refractivity contribution is 1.40. The molecule has 0 fully saturated rings. The smallest absolute Gasteiger partial charge is 0.0666 e. The predicted molar refractivity (Wildman–Crippen MR) is 94.1 cm³/mol. The molecule has 2 aromatic rings. The zero-order valence-electron chi connectivity index (χ0n) is 12.4. The van der Waals surface area contributed by atoms with Crippen molar-refractivity contribution in [2.75, 3.05) is 5.73 Å². The van der Waals surface area contributed by atoms with Crippen molar-refractivity contribution in [3.63, 3.8) is 0 Å². The van der Waals surface area contributed by atoms with E-state index in [1.807, 2.05) is 42.5 Å². The van der Waals surface area contributed by atoms with Crippen LogP contribution in [-0.4, -0.2) is 11.4 Å². The summed E-state index contributed by atoms with van der Waals surface area (Å²) in [6.45, 7) is 2.05. The molecule has 1 aliphatic carbocycles. The summed E-state index contributed by atoms with van der Waals surface area (Å²) < 4.78 is 0. The average molecular weight is 287 g/mol. The molecular formula is C19H17N3. The van der Waals surface area contributed by atoms with Gasteiger partial charge in [-0.05, 0) is 72.2 Å². The highest BCUT2D eigenvalue weighted by Crippen LogP contribution is 2.27. The van der Waals surface area contributed by atoms with E-state index in [2.05, 4.69) is 24.0 Å². The Labute approximate surface area is 130 Å². The highest BCUT2D eigenvalue weighted by molar-refractivity contribution is 6.18. The first-order valence-corrected chi connectivity index (χ1v) is 7.12. The Morgan fingerprint density at radius 1 is 0.864 bits per heavy atom. The van der Waals surface area contributed by atoms with Gasteiger partial charge in [-0.2, -0.15) is 0 Å². The molecule has 3 rings (SSSR count). The minimum Gasteiger partial charge on any atom is -0.399 e. The Bertz CT molecular complexity index is 791. The molecular weight excluding hydrogens is 270 g/mol. The molecule has 22 heavy (non-hydrogen) atoms. The summed E-state index contributed by atoms with van der Waals surface area (Å²) in [5.41, 5.74) is 12.2. The van der Waals surface area contributed by atoms with Crippen LogP contribution in [-0.2, 0) is 0 Å². The Morgan fingerprint density at radius 3 is 2.14 bits per heavy atom. The molecule has 3 heteroatoms. The third-order valence-electron chi connectivity index (χ3n) is 3.56. The van der Waals surface area contributed by atoms with Gasteiger partial charge in [0.15, 0.2) is 0 Å². The third kappa shape index (κ3) is 3.04. The van der Waals surface area contributed by atoms with E-state index < -0.39 is 0 Å². The van der Waals surface area contributed by atoms with Crippen LogP contribution >= 0.6 is 0 Å². The van der Waals surface area contributed by atoms with Crippen LogP contribution in [0.4, 0.5) is 11.4 Å². The van der Waals surface area contributed by atoms with Gasteiger partial charge >= 0.3 is 0 Å². The van der Waals surface area contributed by atoms with E-state index in [0.717, 1.165) is 33.8 Å². The number of aryl methyl sites for hydroxylation is 1. The number of benzene rings is 2. The predicted octanol–water partition coefficient (Wildman–Crippen LogP) is 4.46. The zero-order chi connectivity index (χ0) is 15.5. The number of allylic oxidation sites excluding steroid dienone is 4. The second-order valence-electron chi connectivity index (χ2n) is 5.28. The Morgan fingerprint density at radius 2 is 1.50 bits per heavy atom. The first kappa shape index (κ1) is 14.0. The van der Waals surface area contributed by atoms with E-state index in [1.165, 1.54) is 0 Å². The molecule has 0 amide bonds. The van der Waals surface area contributed by atoms with E-state index in [0.29, 0.717) is 5.71 Å². The van der Waals surface area contributed by atoms with E-state index in [4.69, 9.17) is 11.1 Å². The summed E-state index contributed by atoms with van der Waals surface area (Å²) in [6.07, 6.45) is 7.21. The van der Waals surface area contributed by atoms with Crippen molar-refractivity contribution in [2.45, 2.75) is 6.92 Å². The minimum atomic E-state index is 0.495. The van der Waals surface area contributed by atoms with Crippen LogP contribution in [0.5, 0.6) is 0 Å². The third-order valence-corrected chi connectivity index (χ3v) is 3.56. The number of nitrogens with one attached hydrogen (secondary N) is 1. The number of anilines is 1. The summed E-state index contributed by atoms with van der Waals surface area (Å²) >= 11 is 0. The van der Waals surface area contributed by atoms with Crippen LogP contribution in [0.25, 0.3) is 11.1 Å². The van der Waals surface area contributed by atoms with E-state index >= 15 is 0 Å². The molecule has 2 aromatic carbocycles. The van der Waals surface area contributed by atoms with Gasteiger partial charge in [-0.15, -0.1) is 0 Å². The largest absolute Gasteiger partial charge is 0.399 e. The van der Waals surface area contributed by atoms with Gasteiger partial charge in [0.2, 0.25) is 0 Å². The lowest BCUT2D eigenvalue weighted by Gasteiger charge is -2.07. The topological polar surface area (TPSA) is 62.2 Å². The van der Waals surface area contributed by atoms with Crippen molar-refractivity contribution in [3.05, 3.63) is 72.3 Å². The molecule has 108 valence electrons. The normalized spacial score (nSPS) is 13.5. The number of aliphatic imine (C=N–C) groups is 1. The van der Waals surface area contributed by atoms with Gasteiger partial charge in [-0.3, -0.25) is 0 Å². The molecule has 0 spiro atoms. The van der Waals surface area contributed by atoms with Gasteiger partial charge in [0.25, 0.3) is 0 Å². The van der Waals surface area contributed by atoms with Crippen molar-refractivity contribution in [3.8, 4) is 11.1 Å². The van der Waals surface area contributed by atoms with Crippen molar-refractivity contribution < 1.29 is 0 Å². The van der Waals surface area contributed by atoms with Crippen molar-refractivity contribution in [2.24, 2.45) is 4.99 Å². The first-order valence-electron chi connectivity index (χ1n) is 7.12. The molecule has 0 saturated carbocycles. The van der Waals surface area contributed by atoms with Crippen LogP contribution < -0.4 is 5.73 Å². The summed E-state index contributed by atoms with van der Waals surface area (Å²) in [5, 5.41) is 7.50. The second kappa shape index (κ2) is 5.82. The lowest BCUT2D eigenvalue weighted by Crippen LogP contribution is -1.98. The maximum Gasteiger partial charge on any atom is 0.0666 e. The number of hydrogen-bond acceptors (Lipinski definition) is 3. The second-order valence-corrected chi connectivity index (χ2v) is 5.28. The maximum absolute atomic E-state index is 7.50. The quantitative estimate of drug-likeness (QED) is 0.621. The summed E-state index contributed by atoms with van der Waals surface area (Å²) in [5.74, 6) is 0. The van der Waals surface area contributed by atoms with Gasteiger partial charge < -0.3 is 11.1 Å². The van der Waals surface area contributed by atoms with Gasteiger partial charge in [0, 0.05) is 5.69 Å². The molecule has 0 atom stereocenters. The highest BCUT2D eigenvalue weighted by atomic mass is 14.7. The summed E-state index contributed by atoms with van der Waals surface area (Å²) in [4.78, 5) is 4.63. The fraction of sp³-hybridized carbons (Fsp3) is 0.0526. The highest BCUT2D eigenvalue weighted by Gasteiger charge is 2.03. The fourth-order valence-electron chi connectivity index (χ4n) is 2.31. The number of nitrogens with two attached hydrogens (primary N) is 1. The van der Waals surface area contributed by atoms with Gasteiger partial charge in [0.05, 0.1) is 17.1 Å². The van der Waals surface area contributed by atoms with Crippen LogP contribution in [0.3, 0.4) is 0 Å². The molecule has 0 aromatic heterocycles. The molecule has 0 unspecified atom stereocenters. The van der Waals surface area contributed by atoms with Crippen molar-refractivity contribution in [1.29, 1.82) is 5.41 Å². The zero-order valence-corrected chi connectivity index (χ0v) is 12.4. The van der Waals surface area contributed by atoms with Crippen molar-refractivity contribution >= 4 is 22.8 Å². The lowest BCUT2D eigenvalue weighted by atomic mass is 10.0. The molecule has 0 radical (unpaired) electrons. The van der Waals surface area contributed by atoms with Gasteiger partial charge in [-0.1, -0.05) is 18.2 Å². The Balaban J connectivity index is 1.91. The standard InChI is InChI=1S/C19H17N3/c1-13-12-15(14-2-5-16(20)6-3-14)4-11-19(13)22-18-9-7-17(21)8-10-18/h2-12,21H,20H2,1H3. The average Bonchev–Trinajstić information content (AvgIpc) is 2.52. The number of nitrogens with zero attached hydrogens (tertiary/aromatic N) is 1. The van der Waals surface area contributed by atoms with Crippen LogP contribution in [0.2, 0.25) is 0 Å². The Kier molecular flexibility index (Phi) is 3.71. The van der Waals surface area contributed by atoms with E-state index in [9.17, 15) is 0 Å². The van der Waals surface area contributed by atoms with E-state index in [1.54, 1.807) is 12.2 Å². The van der Waals surface area contributed by atoms with Crippen molar-refractivity contribution in [1.82, 2.24) is 0 Å². The molecule has 0 aliphatic heterocycles. The maximum atomic E-state index is 7.50. The SMILES string of the molecule is Cc1cc(-c2ccc(N)cc2)ccc1N=C1C=CC(=N)C=C1. The number of hydrogen-bond donors (Lipinski definition) is 2. The Hall–Kier alpha value is -2.94. The van der Waals surface area contributed by atoms with Crippen LogP contribution in [0.15, 0.2) is 71.8 Å². The van der Waals surface area contributed by atoms with Gasteiger partial charge in [-0.25, -0.2) is 4.99 Å². The molecule has 1 aliphatic rings. The minimum absolute atomic E-state index is 0.495. The number of rotatable bonds is 2. The van der Waals surface area contributed by atoms with Crippen LogP contribution in [0.1, 0.15) is 5.56 Å².